The summed E-state index contributed by atoms with van der Waals surface area (Å²) in [7, 11) is 1.22. The molecule has 0 saturated carbocycles. The van der Waals surface area contributed by atoms with Crippen molar-refractivity contribution in [3.63, 3.8) is 0 Å². The standard InChI is InChI=1S/C20H27NO5/c1-7-9-11-13-20(12-10-8-2)14-15(16(22)25-6)21(17(20)23)18(24)26-19(3,4)5/h2,9,15H,1,10-14H2,3-6H3/t15-,20?/m0/s1. The molecule has 1 aliphatic rings. The monoisotopic (exact) mass is 361 g/mol. The number of ether oxygens (including phenoxy) is 2. The Balaban J connectivity index is 3.26. The molecule has 0 spiro atoms. The Morgan fingerprint density at radius 2 is 2.08 bits per heavy atom. The topological polar surface area (TPSA) is 72.9 Å². The maximum absolute atomic E-state index is 13.2. The molecular weight excluding hydrogens is 334 g/mol. The van der Waals surface area contributed by atoms with E-state index in [0.717, 1.165) is 4.90 Å². The summed E-state index contributed by atoms with van der Waals surface area (Å²) in [6.45, 7) is 8.59. The highest BCUT2D eigenvalue weighted by Gasteiger charge is 2.56. The van der Waals surface area contributed by atoms with Gasteiger partial charge in [-0.2, -0.15) is 0 Å². The summed E-state index contributed by atoms with van der Waals surface area (Å²) >= 11 is 0. The minimum Gasteiger partial charge on any atom is -0.467 e. The summed E-state index contributed by atoms with van der Waals surface area (Å²) in [6.07, 6.45) is 8.11. The number of likely N-dealkylation sites (tertiary alicyclic amines) is 1. The summed E-state index contributed by atoms with van der Waals surface area (Å²) < 4.78 is 10.1. The van der Waals surface area contributed by atoms with Gasteiger partial charge in [-0.25, -0.2) is 14.5 Å². The number of carbonyl (C=O) groups excluding carboxylic acids is 3. The van der Waals surface area contributed by atoms with Crippen LogP contribution in [0.1, 0.15) is 52.9 Å². The third-order valence-electron chi connectivity index (χ3n) is 4.29. The molecule has 2 atom stereocenters. The van der Waals surface area contributed by atoms with Crippen LogP contribution in [0.4, 0.5) is 4.79 Å². The molecule has 1 fully saturated rings. The number of allylic oxidation sites excluding steroid dienone is 1. The number of amides is 2. The molecule has 0 N–H and O–H groups in total. The number of methoxy groups -OCH3 is 1. The van der Waals surface area contributed by atoms with Crippen LogP contribution in [0, 0.1) is 17.8 Å². The van der Waals surface area contributed by atoms with E-state index < -0.39 is 35.0 Å². The van der Waals surface area contributed by atoms with Gasteiger partial charge < -0.3 is 9.47 Å². The Kier molecular flexibility index (Phi) is 7.23. The molecule has 6 nitrogen and oxygen atoms in total. The van der Waals surface area contributed by atoms with Gasteiger partial charge in [0.25, 0.3) is 0 Å². The van der Waals surface area contributed by atoms with E-state index in [2.05, 4.69) is 18.2 Å². The molecule has 1 aliphatic heterocycles. The van der Waals surface area contributed by atoms with Crippen molar-refractivity contribution >= 4 is 18.0 Å². The summed E-state index contributed by atoms with van der Waals surface area (Å²) in [6, 6.07) is -1.02. The fraction of sp³-hybridized carbons (Fsp3) is 0.600. The number of nitrogens with zero attached hydrogens (tertiary/aromatic N) is 1. The first-order valence-corrected chi connectivity index (χ1v) is 8.54. The lowest BCUT2D eigenvalue weighted by atomic mass is 9.76. The molecule has 0 aromatic heterocycles. The summed E-state index contributed by atoms with van der Waals surface area (Å²) in [4.78, 5) is 38.9. The van der Waals surface area contributed by atoms with E-state index in [1.165, 1.54) is 7.11 Å². The van der Waals surface area contributed by atoms with E-state index in [4.69, 9.17) is 15.9 Å². The average Bonchev–Trinajstić information content (AvgIpc) is 2.84. The maximum Gasteiger partial charge on any atom is 0.417 e. The summed E-state index contributed by atoms with van der Waals surface area (Å²) in [5.41, 5.74) is 0.947. The zero-order valence-corrected chi connectivity index (χ0v) is 16.0. The molecule has 0 aromatic rings. The van der Waals surface area contributed by atoms with Gasteiger partial charge in [-0.05, 0) is 52.5 Å². The summed E-state index contributed by atoms with van der Waals surface area (Å²) in [5.74, 6) is 1.43. The highest BCUT2D eigenvalue weighted by molar-refractivity contribution is 6.02. The van der Waals surface area contributed by atoms with E-state index in [1.54, 1.807) is 26.8 Å². The first-order valence-electron chi connectivity index (χ1n) is 8.54. The minimum absolute atomic E-state index is 0.157. The van der Waals surface area contributed by atoms with Gasteiger partial charge in [-0.1, -0.05) is 6.58 Å². The van der Waals surface area contributed by atoms with Gasteiger partial charge in [-0.3, -0.25) is 4.79 Å². The van der Waals surface area contributed by atoms with Crippen LogP contribution in [0.3, 0.4) is 0 Å². The molecule has 0 radical (unpaired) electrons. The Morgan fingerprint density at radius 1 is 1.42 bits per heavy atom. The second-order valence-corrected chi connectivity index (χ2v) is 7.33. The third kappa shape index (κ3) is 5.00. The van der Waals surface area contributed by atoms with Gasteiger partial charge in [0, 0.05) is 6.42 Å². The van der Waals surface area contributed by atoms with Crippen LogP contribution in [-0.2, 0) is 19.1 Å². The first-order chi connectivity index (χ1) is 12.1. The number of esters is 1. The number of rotatable bonds is 6. The normalized spacial score (nSPS) is 22.3. The van der Waals surface area contributed by atoms with Crippen molar-refractivity contribution in [1.82, 2.24) is 4.90 Å². The Bertz CT molecular complexity index is 648. The van der Waals surface area contributed by atoms with Crippen molar-refractivity contribution in [3.8, 4) is 12.3 Å². The van der Waals surface area contributed by atoms with E-state index in [9.17, 15) is 14.4 Å². The fourth-order valence-corrected chi connectivity index (χ4v) is 3.10. The van der Waals surface area contributed by atoms with E-state index in [0.29, 0.717) is 25.7 Å². The smallest absolute Gasteiger partial charge is 0.417 e. The molecule has 2 amide bonds. The van der Waals surface area contributed by atoms with Crippen LogP contribution in [-0.4, -0.2) is 41.6 Å². The van der Waals surface area contributed by atoms with Crippen molar-refractivity contribution in [2.24, 2.45) is 5.41 Å². The van der Waals surface area contributed by atoms with Crippen molar-refractivity contribution in [3.05, 3.63) is 18.4 Å². The van der Waals surface area contributed by atoms with E-state index in [-0.39, 0.29) is 6.42 Å². The van der Waals surface area contributed by atoms with Gasteiger partial charge in [0.15, 0.2) is 0 Å². The van der Waals surface area contributed by atoms with Gasteiger partial charge in [-0.15, -0.1) is 18.1 Å². The molecular formula is C20H27NO5. The largest absolute Gasteiger partial charge is 0.467 e. The van der Waals surface area contributed by atoms with Crippen LogP contribution in [0.15, 0.2) is 18.4 Å². The number of carbonyl (C=O) groups is 3. The van der Waals surface area contributed by atoms with Gasteiger partial charge in [0.05, 0.1) is 12.5 Å². The molecule has 1 heterocycles. The molecule has 0 bridgehead atoms. The van der Waals surface area contributed by atoms with Crippen molar-refractivity contribution in [2.75, 3.05) is 7.11 Å². The molecule has 0 aromatic carbocycles. The van der Waals surface area contributed by atoms with Gasteiger partial charge in [0.1, 0.15) is 11.6 Å². The van der Waals surface area contributed by atoms with Gasteiger partial charge >= 0.3 is 12.1 Å². The van der Waals surface area contributed by atoms with Crippen LogP contribution in [0.5, 0.6) is 0 Å². The van der Waals surface area contributed by atoms with Crippen LogP contribution in [0.25, 0.3) is 0 Å². The van der Waals surface area contributed by atoms with Crippen molar-refractivity contribution < 1.29 is 23.9 Å². The fourth-order valence-electron chi connectivity index (χ4n) is 3.10. The molecule has 0 aliphatic carbocycles. The number of imide groups is 1. The molecule has 26 heavy (non-hydrogen) atoms. The lowest BCUT2D eigenvalue weighted by Gasteiger charge is -2.28. The zero-order chi connectivity index (χ0) is 20.0. The Hall–Kier alpha value is -2.51. The number of hydrogen-bond acceptors (Lipinski definition) is 5. The molecule has 6 heteroatoms. The average molecular weight is 361 g/mol. The SMILES string of the molecule is C#CCCC1(CCC=C=C)C[C@@H](C(=O)OC)N(C(=O)OC(C)(C)C)C1=O. The predicted octanol–water partition coefficient (Wildman–Crippen LogP) is 3.22. The minimum atomic E-state index is -1.02. The third-order valence-corrected chi connectivity index (χ3v) is 4.29. The van der Waals surface area contributed by atoms with Crippen LogP contribution >= 0.6 is 0 Å². The highest BCUT2D eigenvalue weighted by atomic mass is 16.6. The van der Waals surface area contributed by atoms with Crippen LogP contribution in [0.2, 0.25) is 0 Å². The molecule has 142 valence electrons. The van der Waals surface area contributed by atoms with Gasteiger partial charge in [0.2, 0.25) is 5.91 Å². The lowest BCUT2D eigenvalue weighted by Crippen LogP contribution is -2.47. The second kappa shape index (κ2) is 8.73. The first kappa shape index (κ1) is 21.5. The molecule has 1 unspecified atom stereocenters. The lowest BCUT2D eigenvalue weighted by molar-refractivity contribution is -0.149. The second-order valence-electron chi connectivity index (χ2n) is 7.33. The number of terminal acetylenes is 1. The quantitative estimate of drug-likeness (QED) is 0.413. The summed E-state index contributed by atoms with van der Waals surface area (Å²) in [5, 5.41) is 0. The highest BCUT2D eigenvalue weighted by Crippen LogP contribution is 2.44. The number of hydrogen-bond donors (Lipinski definition) is 0. The molecule has 1 rings (SSSR count). The zero-order valence-electron chi connectivity index (χ0n) is 16.0. The molecule has 1 saturated heterocycles. The van der Waals surface area contributed by atoms with Crippen molar-refractivity contribution in [1.29, 1.82) is 0 Å². The van der Waals surface area contributed by atoms with Crippen molar-refractivity contribution in [2.45, 2.75) is 64.5 Å². The van der Waals surface area contributed by atoms with E-state index >= 15 is 0 Å². The Morgan fingerprint density at radius 3 is 2.58 bits per heavy atom. The van der Waals surface area contributed by atoms with Crippen LogP contribution < -0.4 is 0 Å². The van der Waals surface area contributed by atoms with E-state index in [1.807, 2.05) is 0 Å². The Labute approximate surface area is 155 Å². The maximum atomic E-state index is 13.2. The predicted molar refractivity (Wildman–Crippen MR) is 96.9 cm³/mol.